The van der Waals surface area contributed by atoms with E-state index < -0.39 is 29.2 Å². The van der Waals surface area contributed by atoms with E-state index in [1.54, 1.807) is 11.5 Å². The van der Waals surface area contributed by atoms with Crippen LogP contribution < -0.4 is 5.43 Å². The molecule has 0 amide bonds. The Labute approximate surface area is 197 Å². The molecule has 0 fully saturated rings. The summed E-state index contributed by atoms with van der Waals surface area (Å²) < 4.78 is 19.5. The van der Waals surface area contributed by atoms with Crippen molar-refractivity contribution in [3.05, 3.63) is 45.0 Å². The number of halogens is 2. The lowest BCUT2D eigenvalue weighted by atomic mass is 10.1. The molecule has 1 aromatic carbocycles. The third kappa shape index (κ3) is 9.34. The van der Waals surface area contributed by atoms with Gasteiger partial charge in [0, 0.05) is 31.5 Å². The van der Waals surface area contributed by atoms with Crippen LogP contribution in [0.1, 0.15) is 82.5 Å². The van der Waals surface area contributed by atoms with E-state index in [1.165, 1.54) is 44.4 Å². The van der Waals surface area contributed by atoms with E-state index in [9.17, 15) is 23.6 Å². The fraction of sp³-hybridized carbons (Fsp3) is 0.500. The number of rotatable bonds is 10. The number of carbonyl (C=O) groups excluding carboxylic acids is 2. The number of unbranched alkanes of at least 4 members (excludes halogenated alkanes) is 6. The van der Waals surface area contributed by atoms with Crippen molar-refractivity contribution in [2.75, 3.05) is 0 Å². The molecule has 0 spiro atoms. The van der Waals surface area contributed by atoms with Gasteiger partial charge in [0.25, 0.3) is 0 Å². The molecule has 0 bridgehead atoms. The zero-order chi connectivity index (χ0) is 25.0. The van der Waals surface area contributed by atoms with Crippen LogP contribution in [0.4, 0.5) is 4.39 Å². The predicted molar refractivity (Wildman–Crippen MR) is 125 cm³/mol. The first-order valence-electron chi connectivity index (χ1n) is 11.1. The van der Waals surface area contributed by atoms with Crippen molar-refractivity contribution in [2.24, 2.45) is 0 Å². The molecule has 0 aliphatic rings. The molecule has 2 aromatic rings. The lowest BCUT2D eigenvalue weighted by Crippen LogP contribution is -2.22. The van der Waals surface area contributed by atoms with Gasteiger partial charge >= 0.3 is 17.9 Å². The third-order valence-electron chi connectivity index (χ3n) is 4.91. The van der Waals surface area contributed by atoms with Crippen LogP contribution in [-0.4, -0.2) is 27.6 Å². The van der Waals surface area contributed by atoms with Crippen LogP contribution in [-0.2, 0) is 20.9 Å². The topological polar surface area (TPSA) is 103 Å². The van der Waals surface area contributed by atoms with Crippen molar-refractivity contribution >= 4 is 40.4 Å². The van der Waals surface area contributed by atoms with E-state index in [0.29, 0.717) is 18.5 Å². The lowest BCUT2D eigenvalue weighted by molar-refractivity contribution is -0.137. The summed E-state index contributed by atoms with van der Waals surface area (Å²) in [5, 5.41) is 8.23. The third-order valence-corrected chi connectivity index (χ3v) is 5.20. The van der Waals surface area contributed by atoms with E-state index in [1.807, 2.05) is 0 Å². The summed E-state index contributed by atoms with van der Waals surface area (Å²) in [7, 11) is 0. The highest BCUT2D eigenvalue weighted by molar-refractivity contribution is 6.31. The number of pyridine rings is 1. The van der Waals surface area contributed by atoms with Gasteiger partial charge in [0.05, 0.1) is 10.5 Å². The number of aliphatic carboxylic acids is 1. The van der Waals surface area contributed by atoms with Crippen molar-refractivity contribution in [3.8, 4) is 0 Å². The second kappa shape index (κ2) is 14.4. The Kier molecular flexibility index (Phi) is 12.4. The van der Waals surface area contributed by atoms with Crippen LogP contribution in [0.5, 0.6) is 0 Å². The minimum atomic E-state index is -1.06. The molecule has 182 valence electrons. The van der Waals surface area contributed by atoms with Crippen molar-refractivity contribution in [2.45, 2.75) is 78.7 Å². The highest BCUT2D eigenvalue weighted by Gasteiger charge is 2.19. The minimum Gasteiger partial charge on any atom is -0.481 e. The number of nitrogens with zero attached hydrogens (tertiary/aromatic N) is 1. The number of aryl methyl sites for hydroxylation is 1. The number of esters is 2. The van der Waals surface area contributed by atoms with Crippen molar-refractivity contribution in [1.29, 1.82) is 0 Å². The van der Waals surface area contributed by atoms with Crippen molar-refractivity contribution in [3.63, 3.8) is 0 Å². The summed E-state index contributed by atoms with van der Waals surface area (Å²) in [6.45, 7) is 5.45. The largest absolute Gasteiger partial charge is 0.481 e. The van der Waals surface area contributed by atoms with Gasteiger partial charge in [0.2, 0.25) is 5.43 Å². The summed E-state index contributed by atoms with van der Waals surface area (Å²) in [5.74, 6) is -3.32. The van der Waals surface area contributed by atoms with E-state index in [4.69, 9.17) is 16.7 Å². The molecule has 0 atom stereocenters. The maximum Gasteiger partial charge on any atom is 0.351 e. The molecule has 0 aliphatic carbocycles. The maximum absolute atomic E-state index is 13.6. The van der Waals surface area contributed by atoms with Gasteiger partial charge in [0.1, 0.15) is 11.4 Å². The lowest BCUT2D eigenvalue weighted by Gasteiger charge is -2.11. The zero-order valence-electron chi connectivity index (χ0n) is 19.3. The number of carbonyl (C=O) groups is 3. The van der Waals surface area contributed by atoms with E-state index in [2.05, 4.69) is 11.7 Å². The highest BCUT2D eigenvalue weighted by Crippen LogP contribution is 2.22. The molecule has 0 saturated carbocycles. The second-order valence-electron chi connectivity index (χ2n) is 7.59. The normalized spacial score (nSPS) is 10.5. The number of hydrogen-bond donors (Lipinski definition) is 1. The molecule has 0 unspecified atom stereocenters. The quantitative estimate of drug-likeness (QED) is 0.263. The number of benzene rings is 1. The SMILES string of the molecule is CCCCCCCCCC(=O)O.CCn1cc(C(=O)OC(C)=O)c(=O)c2cc(F)c(Cl)cc21. The minimum absolute atomic E-state index is 0.00301. The van der Waals surface area contributed by atoms with E-state index in [-0.39, 0.29) is 16.0 Å². The first kappa shape index (κ1) is 28.3. The molecular formula is C24H31ClFNO6. The Hall–Kier alpha value is -2.74. The molecule has 1 N–H and O–H groups in total. The molecule has 1 aromatic heterocycles. The summed E-state index contributed by atoms with van der Waals surface area (Å²) in [4.78, 5) is 45.0. The fourth-order valence-electron chi connectivity index (χ4n) is 3.21. The Morgan fingerprint density at radius 1 is 1.06 bits per heavy atom. The van der Waals surface area contributed by atoms with Crippen LogP contribution in [0.25, 0.3) is 10.9 Å². The molecule has 0 aliphatic heterocycles. The molecular weight excluding hydrogens is 453 g/mol. The van der Waals surface area contributed by atoms with Gasteiger partial charge in [0.15, 0.2) is 0 Å². The average Bonchev–Trinajstić information content (AvgIpc) is 2.74. The molecule has 2 rings (SSSR count). The van der Waals surface area contributed by atoms with Gasteiger partial charge in [-0.3, -0.25) is 14.4 Å². The summed E-state index contributed by atoms with van der Waals surface area (Å²) in [6.07, 6.45) is 9.91. The van der Waals surface area contributed by atoms with Crippen LogP contribution >= 0.6 is 11.6 Å². The van der Waals surface area contributed by atoms with E-state index in [0.717, 1.165) is 25.8 Å². The first-order chi connectivity index (χ1) is 15.6. The first-order valence-corrected chi connectivity index (χ1v) is 11.5. The number of ether oxygens (including phenoxy) is 1. The molecule has 33 heavy (non-hydrogen) atoms. The predicted octanol–water partition coefficient (Wildman–Crippen LogP) is 5.73. The summed E-state index contributed by atoms with van der Waals surface area (Å²) in [5.41, 5.74) is -0.647. The van der Waals surface area contributed by atoms with Gasteiger partial charge in [-0.2, -0.15) is 0 Å². The molecule has 0 saturated heterocycles. The van der Waals surface area contributed by atoms with Gasteiger partial charge < -0.3 is 14.4 Å². The van der Waals surface area contributed by atoms with Crippen LogP contribution in [0.15, 0.2) is 23.1 Å². The molecule has 7 nitrogen and oxygen atoms in total. The Balaban J connectivity index is 0.000000389. The number of carboxylic acids is 1. The highest BCUT2D eigenvalue weighted by atomic mass is 35.5. The van der Waals surface area contributed by atoms with Crippen molar-refractivity contribution in [1.82, 2.24) is 4.57 Å². The number of fused-ring (bicyclic) bond motifs is 1. The van der Waals surface area contributed by atoms with Gasteiger partial charge in [-0.25, -0.2) is 9.18 Å². The Morgan fingerprint density at radius 2 is 1.67 bits per heavy atom. The second-order valence-corrected chi connectivity index (χ2v) is 7.99. The summed E-state index contributed by atoms with van der Waals surface area (Å²) in [6, 6.07) is 2.29. The van der Waals surface area contributed by atoms with Crippen molar-refractivity contribution < 1.29 is 28.6 Å². The van der Waals surface area contributed by atoms with Crippen LogP contribution in [0.2, 0.25) is 5.02 Å². The fourth-order valence-corrected chi connectivity index (χ4v) is 3.37. The molecule has 9 heteroatoms. The smallest absolute Gasteiger partial charge is 0.351 e. The number of carboxylic acid groups (broad SMARTS) is 1. The average molecular weight is 484 g/mol. The van der Waals surface area contributed by atoms with Gasteiger partial charge in [-0.15, -0.1) is 0 Å². The Bertz CT molecular complexity index is 1030. The zero-order valence-corrected chi connectivity index (χ0v) is 20.0. The summed E-state index contributed by atoms with van der Waals surface area (Å²) >= 11 is 5.71. The van der Waals surface area contributed by atoms with Crippen LogP contribution in [0.3, 0.4) is 0 Å². The number of hydrogen-bond acceptors (Lipinski definition) is 5. The van der Waals surface area contributed by atoms with E-state index >= 15 is 0 Å². The molecule has 0 radical (unpaired) electrons. The van der Waals surface area contributed by atoms with Gasteiger partial charge in [-0.05, 0) is 25.5 Å². The monoisotopic (exact) mass is 483 g/mol. The van der Waals surface area contributed by atoms with Crippen LogP contribution in [0, 0.1) is 5.82 Å². The standard InChI is InChI=1S/C14H11ClFNO4.C10H20O2/c1-3-17-6-9(14(20)21-7(2)18)13(19)8-4-11(16)10(15)5-12(8)17;1-2-3-4-5-6-7-8-9-10(11)12/h4-6H,3H2,1-2H3;2-9H2,1H3,(H,11,12). The number of aromatic nitrogens is 1. The maximum atomic E-state index is 13.6. The molecule has 1 heterocycles. The Morgan fingerprint density at radius 3 is 2.21 bits per heavy atom. The van der Waals surface area contributed by atoms with Gasteiger partial charge in [-0.1, -0.05) is 57.0 Å².